The van der Waals surface area contributed by atoms with E-state index < -0.39 is 29.6 Å². The third-order valence-electron chi connectivity index (χ3n) is 3.64. The molecule has 0 aromatic carbocycles. The van der Waals surface area contributed by atoms with Crippen molar-refractivity contribution in [2.24, 2.45) is 11.7 Å². The summed E-state index contributed by atoms with van der Waals surface area (Å²) in [6, 6.07) is -0.771. The van der Waals surface area contributed by atoms with Crippen LogP contribution < -0.4 is 11.1 Å². The van der Waals surface area contributed by atoms with Crippen LogP contribution >= 0.6 is 0 Å². The van der Waals surface area contributed by atoms with Crippen LogP contribution in [0.4, 0.5) is 0 Å². The van der Waals surface area contributed by atoms with E-state index in [-0.39, 0.29) is 5.92 Å². The zero-order chi connectivity index (χ0) is 15.3. The minimum Gasteiger partial charge on any atom is -0.467 e. The number of hydrogen-bond donors (Lipinski definition) is 3. The molecule has 0 saturated heterocycles. The van der Waals surface area contributed by atoms with Gasteiger partial charge >= 0.3 is 5.97 Å². The van der Waals surface area contributed by atoms with Gasteiger partial charge in [0.1, 0.15) is 11.6 Å². The van der Waals surface area contributed by atoms with Gasteiger partial charge in [-0.2, -0.15) is 0 Å². The molecule has 0 aliphatic heterocycles. The topological polar surface area (TPSA) is 102 Å². The van der Waals surface area contributed by atoms with Crippen LogP contribution in [0.3, 0.4) is 0 Å². The molecule has 1 rings (SSSR count). The Hall–Kier alpha value is -1.40. The maximum absolute atomic E-state index is 12.4. The summed E-state index contributed by atoms with van der Waals surface area (Å²) in [5.74, 6) is -1.18. The highest BCUT2D eigenvalue weighted by atomic mass is 16.5. The van der Waals surface area contributed by atoms with Crippen LogP contribution in [0.25, 0.3) is 0 Å². The van der Waals surface area contributed by atoms with Gasteiger partial charge < -0.3 is 20.9 Å². The number of hydrogen-bond acceptors (Lipinski definition) is 5. The molecule has 0 radical (unpaired) electrons. The number of nitrogens with two attached hydrogens (primary N) is 1. The van der Waals surface area contributed by atoms with Crippen LogP contribution in [0.15, 0.2) is 12.2 Å². The summed E-state index contributed by atoms with van der Waals surface area (Å²) in [6.45, 7) is 3.60. The number of carbonyl (C=O) groups excluding carboxylic acids is 2. The average Bonchev–Trinajstić information content (AvgIpc) is 2.58. The molecule has 0 aromatic rings. The monoisotopic (exact) mass is 284 g/mol. The first-order chi connectivity index (χ1) is 9.32. The Morgan fingerprint density at radius 2 is 2.15 bits per heavy atom. The average molecular weight is 284 g/mol. The summed E-state index contributed by atoms with van der Waals surface area (Å²) >= 11 is 0. The fourth-order valence-corrected chi connectivity index (χ4v) is 2.21. The maximum Gasteiger partial charge on any atom is 0.328 e. The standard InChI is InChI=1S/C14H24N2O4/c1-9(2)11(12(18)20-3)16-13(19)14(15)8-6-4-5-7-10(14)17/h5,7,9-11,17H,4,6,8,15H2,1-3H3,(H,16,19)/t10?,11-,14?/m1/s1. The van der Waals surface area contributed by atoms with E-state index in [2.05, 4.69) is 10.1 Å². The van der Waals surface area contributed by atoms with Gasteiger partial charge in [-0.1, -0.05) is 26.0 Å². The van der Waals surface area contributed by atoms with Crippen molar-refractivity contribution in [3.8, 4) is 0 Å². The molecule has 6 nitrogen and oxygen atoms in total. The number of allylic oxidation sites excluding steroid dienone is 1. The number of ether oxygens (including phenoxy) is 1. The van der Waals surface area contributed by atoms with Gasteiger partial charge in [0.25, 0.3) is 0 Å². The Labute approximate surface area is 119 Å². The van der Waals surface area contributed by atoms with E-state index in [0.717, 1.165) is 6.42 Å². The quantitative estimate of drug-likeness (QED) is 0.502. The van der Waals surface area contributed by atoms with E-state index in [4.69, 9.17) is 5.73 Å². The molecule has 114 valence electrons. The summed E-state index contributed by atoms with van der Waals surface area (Å²) < 4.78 is 4.68. The van der Waals surface area contributed by atoms with Crippen molar-refractivity contribution in [1.29, 1.82) is 0 Å². The number of aliphatic hydroxyl groups excluding tert-OH is 1. The van der Waals surface area contributed by atoms with Crippen molar-refractivity contribution < 1.29 is 19.4 Å². The lowest BCUT2D eigenvalue weighted by atomic mass is 9.87. The number of esters is 1. The Kier molecular flexibility index (Phi) is 5.71. The fraction of sp³-hybridized carbons (Fsp3) is 0.714. The molecule has 0 saturated carbocycles. The summed E-state index contributed by atoms with van der Waals surface area (Å²) in [4.78, 5) is 24.1. The summed E-state index contributed by atoms with van der Waals surface area (Å²) in [7, 11) is 1.27. The van der Waals surface area contributed by atoms with Crippen molar-refractivity contribution >= 4 is 11.9 Å². The Balaban J connectivity index is 2.87. The highest BCUT2D eigenvalue weighted by molar-refractivity contribution is 5.91. The van der Waals surface area contributed by atoms with E-state index in [0.29, 0.717) is 12.8 Å². The number of carbonyl (C=O) groups is 2. The molecule has 2 unspecified atom stereocenters. The van der Waals surface area contributed by atoms with Crippen LogP contribution in [-0.4, -0.2) is 41.8 Å². The molecule has 0 fully saturated rings. The van der Waals surface area contributed by atoms with Gasteiger partial charge in [0.15, 0.2) is 0 Å². The first kappa shape index (κ1) is 16.7. The van der Waals surface area contributed by atoms with Crippen LogP contribution in [0.5, 0.6) is 0 Å². The Bertz CT molecular complexity index is 395. The fourth-order valence-electron chi connectivity index (χ4n) is 2.21. The molecule has 4 N–H and O–H groups in total. The molecule has 20 heavy (non-hydrogen) atoms. The molecule has 1 amide bonds. The van der Waals surface area contributed by atoms with E-state index in [1.54, 1.807) is 13.8 Å². The first-order valence-electron chi connectivity index (χ1n) is 6.85. The largest absolute Gasteiger partial charge is 0.467 e. The molecule has 3 atom stereocenters. The highest BCUT2D eigenvalue weighted by Gasteiger charge is 2.42. The summed E-state index contributed by atoms with van der Waals surface area (Å²) in [5, 5.41) is 12.6. The zero-order valence-electron chi connectivity index (χ0n) is 12.3. The molecule has 1 aliphatic rings. The molecule has 0 spiro atoms. The van der Waals surface area contributed by atoms with Gasteiger partial charge in [0.2, 0.25) is 5.91 Å². The molecule has 0 bridgehead atoms. The molecule has 1 aliphatic carbocycles. The molecule has 0 heterocycles. The minimum atomic E-state index is -1.41. The van der Waals surface area contributed by atoms with E-state index in [1.807, 2.05) is 6.08 Å². The number of methoxy groups -OCH3 is 1. The smallest absolute Gasteiger partial charge is 0.328 e. The highest BCUT2D eigenvalue weighted by Crippen LogP contribution is 2.22. The van der Waals surface area contributed by atoms with Crippen molar-refractivity contribution in [3.05, 3.63) is 12.2 Å². The lowest BCUT2D eigenvalue weighted by molar-refractivity contribution is -0.147. The van der Waals surface area contributed by atoms with Crippen molar-refractivity contribution in [1.82, 2.24) is 5.32 Å². The van der Waals surface area contributed by atoms with E-state index in [1.165, 1.54) is 13.2 Å². The van der Waals surface area contributed by atoms with Gasteiger partial charge in [-0.05, 0) is 25.2 Å². The van der Waals surface area contributed by atoms with E-state index >= 15 is 0 Å². The van der Waals surface area contributed by atoms with Crippen LogP contribution in [-0.2, 0) is 14.3 Å². The van der Waals surface area contributed by atoms with E-state index in [9.17, 15) is 14.7 Å². The second kappa shape index (κ2) is 6.85. The first-order valence-corrected chi connectivity index (χ1v) is 6.85. The van der Waals surface area contributed by atoms with Gasteiger partial charge in [0, 0.05) is 0 Å². The second-order valence-corrected chi connectivity index (χ2v) is 5.52. The second-order valence-electron chi connectivity index (χ2n) is 5.52. The third-order valence-corrected chi connectivity index (χ3v) is 3.64. The minimum absolute atomic E-state index is 0.131. The maximum atomic E-state index is 12.4. The number of amides is 1. The predicted molar refractivity (Wildman–Crippen MR) is 74.7 cm³/mol. The lowest BCUT2D eigenvalue weighted by Crippen LogP contribution is -2.63. The Morgan fingerprint density at radius 1 is 1.50 bits per heavy atom. The summed E-state index contributed by atoms with van der Waals surface area (Å²) in [5.41, 5.74) is 4.66. The number of nitrogens with one attached hydrogen (secondary N) is 1. The van der Waals surface area contributed by atoms with Crippen molar-refractivity contribution in [3.63, 3.8) is 0 Å². The normalized spacial score (nSPS) is 27.8. The number of rotatable bonds is 4. The van der Waals surface area contributed by atoms with Gasteiger partial charge in [-0.25, -0.2) is 4.79 Å². The van der Waals surface area contributed by atoms with Crippen LogP contribution in [0.2, 0.25) is 0 Å². The molecular weight excluding hydrogens is 260 g/mol. The third kappa shape index (κ3) is 3.58. The van der Waals surface area contributed by atoms with Crippen LogP contribution in [0.1, 0.15) is 33.1 Å². The predicted octanol–water partition coefficient (Wildman–Crippen LogP) is 0.0987. The summed E-state index contributed by atoms with van der Waals surface area (Å²) in [6.07, 6.45) is 4.13. The van der Waals surface area contributed by atoms with Crippen molar-refractivity contribution in [2.75, 3.05) is 7.11 Å². The zero-order valence-corrected chi connectivity index (χ0v) is 12.3. The van der Waals surface area contributed by atoms with Gasteiger partial charge in [-0.3, -0.25) is 4.79 Å². The SMILES string of the molecule is COC(=O)[C@H](NC(=O)C1(N)CCCC=CC1O)C(C)C. The molecule has 6 heteroatoms. The van der Waals surface area contributed by atoms with Gasteiger partial charge in [-0.15, -0.1) is 0 Å². The molecule has 0 aromatic heterocycles. The van der Waals surface area contributed by atoms with Crippen molar-refractivity contribution in [2.45, 2.75) is 50.8 Å². The van der Waals surface area contributed by atoms with Crippen LogP contribution in [0, 0.1) is 5.92 Å². The lowest BCUT2D eigenvalue weighted by Gasteiger charge is -2.32. The Morgan fingerprint density at radius 3 is 2.70 bits per heavy atom. The molecular formula is C14H24N2O4. The van der Waals surface area contributed by atoms with Gasteiger partial charge in [0.05, 0.1) is 13.2 Å². The number of aliphatic hydroxyl groups is 1.